The molecule has 0 unspecified atom stereocenters. The number of fused-ring (bicyclic) bond motifs is 1. The van der Waals surface area contributed by atoms with E-state index in [0.717, 1.165) is 44.1 Å². The molecule has 4 heteroatoms. The van der Waals surface area contributed by atoms with Crippen LogP contribution in [0.1, 0.15) is 59.3 Å². The Morgan fingerprint density at radius 3 is 2.67 bits per heavy atom. The van der Waals surface area contributed by atoms with Gasteiger partial charge in [-0.25, -0.2) is 0 Å². The minimum Gasteiger partial charge on any atom is -0.481 e. The molecule has 0 radical (unpaired) electrons. The summed E-state index contributed by atoms with van der Waals surface area (Å²) in [4.78, 5) is 12.0. The van der Waals surface area contributed by atoms with Gasteiger partial charge in [0, 0.05) is 0 Å². The van der Waals surface area contributed by atoms with E-state index in [1.165, 1.54) is 5.57 Å². The van der Waals surface area contributed by atoms with E-state index in [0.29, 0.717) is 0 Å². The highest BCUT2D eigenvalue weighted by atomic mass is 16.4. The lowest BCUT2D eigenvalue weighted by Crippen LogP contribution is -2.53. The highest BCUT2D eigenvalue weighted by Crippen LogP contribution is 2.61. The second kappa shape index (κ2) is 7.01. The third-order valence-electron chi connectivity index (χ3n) is 6.88. The molecule has 0 aliphatic heterocycles. The van der Waals surface area contributed by atoms with E-state index >= 15 is 0 Å². The van der Waals surface area contributed by atoms with Crippen LogP contribution in [0.4, 0.5) is 0 Å². The van der Waals surface area contributed by atoms with Gasteiger partial charge in [0.1, 0.15) is 0 Å². The van der Waals surface area contributed by atoms with Crippen LogP contribution in [0.25, 0.3) is 0 Å². The minimum absolute atomic E-state index is 0.0678. The molecular weight excluding hydrogens is 304 g/mol. The van der Waals surface area contributed by atoms with Crippen molar-refractivity contribution in [3.05, 3.63) is 23.8 Å². The summed E-state index contributed by atoms with van der Waals surface area (Å²) >= 11 is 0. The Balaban J connectivity index is 2.30. The standard InChI is InChI=1S/C20H32O4/c1-13-7-9-17-19(3,10-5-11-20(17,4)18(23)24)15(13)8-6-14(2)16(22)12-21/h6,15-17,21-22H,1,5,7-12H2,2-4H3,(H,23,24)/b14-6+/t15-,16-,17+,19+,20-/m0/s1. The summed E-state index contributed by atoms with van der Waals surface area (Å²) in [6.07, 6.45) is 6.42. The number of rotatable bonds is 5. The molecule has 0 aromatic heterocycles. The molecule has 2 rings (SSSR count). The fourth-order valence-corrected chi connectivity index (χ4v) is 5.22. The highest BCUT2D eigenvalue weighted by Gasteiger charge is 2.57. The minimum atomic E-state index is -0.818. The van der Waals surface area contributed by atoms with Crippen LogP contribution in [0, 0.1) is 22.7 Å². The van der Waals surface area contributed by atoms with E-state index < -0.39 is 17.5 Å². The van der Waals surface area contributed by atoms with Crippen LogP contribution in [-0.4, -0.2) is 34.0 Å². The van der Waals surface area contributed by atoms with Gasteiger partial charge in [-0.05, 0) is 68.8 Å². The van der Waals surface area contributed by atoms with E-state index in [1.807, 2.05) is 19.9 Å². The van der Waals surface area contributed by atoms with Gasteiger partial charge in [-0.1, -0.05) is 31.6 Å². The number of hydrogen-bond acceptors (Lipinski definition) is 3. The molecule has 2 saturated carbocycles. The maximum atomic E-state index is 12.0. The lowest BCUT2D eigenvalue weighted by molar-refractivity contribution is -0.164. The van der Waals surface area contributed by atoms with Gasteiger partial charge in [0.15, 0.2) is 0 Å². The first-order chi connectivity index (χ1) is 11.2. The van der Waals surface area contributed by atoms with Gasteiger partial charge < -0.3 is 15.3 Å². The van der Waals surface area contributed by atoms with Gasteiger partial charge in [0.25, 0.3) is 0 Å². The van der Waals surface area contributed by atoms with Crippen molar-refractivity contribution in [2.75, 3.05) is 6.61 Å². The molecule has 0 spiro atoms. The number of carbonyl (C=O) groups is 1. The number of allylic oxidation sites excluding steroid dienone is 2. The number of aliphatic carboxylic acids is 1. The predicted molar refractivity (Wildman–Crippen MR) is 94.5 cm³/mol. The van der Waals surface area contributed by atoms with Crippen molar-refractivity contribution < 1.29 is 20.1 Å². The predicted octanol–water partition coefficient (Wildman–Crippen LogP) is 3.54. The lowest BCUT2D eigenvalue weighted by atomic mass is 9.46. The van der Waals surface area contributed by atoms with Gasteiger partial charge >= 0.3 is 5.97 Å². The van der Waals surface area contributed by atoms with Crippen molar-refractivity contribution in [2.45, 2.75) is 65.4 Å². The molecular formula is C20H32O4. The van der Waals surface area contributed by atoms with Crippen LogP contribution in [-0.2, 0) is 4.79 Å². The van der Waals surface area contributed by atoms with Crippen molar-refractivity contribution in [1.29, 1.82) is 0 Å². The van der Waals surface area contributed by atoms with Crippen molar-refractivity contribution in [3.63, 3.8) is 0 Å². The maximum Gasteiger partial charge on any atom is 0.309 e. The summed E-state index contributed by atoms with van der Waals surface area (Å²) in [5.74, 6) is -0.286. The van der Waals surface area contributed by atoms with Gasteiger partial charge in [-0.2, -0.15) is 0 Å². The van der Waals surface area contributed by atoms with E-state index in [1.54, 1.807) is 0 Å². The van der Waals surface area contributed by atoms with Crippen LogP contribution < -0.4 is 0 Å². The number of aliphatic hydroxyl groups is 2. The Morgan fingerprint density at radius 2 is 2.08 bits per heavy atom. The fourth-order valence-electron chi connectivity index (χ4n) is 5.22. The Morgan fingerprint density at radius 1 is 1.42 bits per heavy atom. The summed E-state index contributed by atoms with van der Waals surface area (Å²) in [5, 5.41) is 28.7. The summed E-state index contributed by atoms with van der Waals surface area (Å²) in [5.41, 5.74) is 1.25. The smallest absolute Gasteiger partial charge is 0.309 e. The van der Waals surface area contributed by atoms with Crippen molar-refractivity contribution in [2.24, 2.45) is 22.7 Å². The van der Waals surface area contributed by atoms with Gasteiger partial charge in [-0.15, -0.1) is 0 Å². The Bertz CT molecular complexity index is 538. The Kier molecular flexibility index (Phi) is 5.61. The molecule has 136 valence electrons. The van der Waals surface area contributed by atoms with E-state index in [4.69, 9.17) is 5.11 Å². The summed E-state index contributed by atoms with van der Waals surface area (Å²) in [6, 6.07) is 0. The SMILES string of the molecule is C=C1CC[C@@H]2[C@](C)(CCC[C@]2(C)C(=O)O)[C@H]1C/C=C(\C)[C@@H](O)CO. The molecule has 0 saturated heterocycles. The topological polar surface area (TPSA) is 77.8 Å². The van der Waals surface area contributed by atoms with Crippen LogP contribution in [0.2, 0.25) is 0 Å². The molecule has 2 aliphatic rings. The molecule has 0 aromatic rings. The number of carboxylic acids is 1. The second-order valence-electron chi connectivity index (χ2n) is 8.27. The van der Waals surface area contributed by atoms with Crippen LogP contribution in [0.3, 0.4) is 0 Å². The third-order valence-corrected chi connectivity index (χ3v) is 6.88. The fraction of sp³-hybridized carbons (Fsp3) is 0.750. The van der Waals surface area contributed by atoms with Crippen LogP contribution in [0.15, 0.2) is 23.8 Å². The van der Waals surface area contributed by atoms with Crippen molar-refractivity contribution in [3.8, 4) is 0 Å². The number of hydrogen-bond donors (Lipinski definition) is 3. The second-order valence-corrected chi connectivity index (χ2v) is 8.27. The molecule has 0 heterocycles. The molecule has 5 atom stereocenters. The Labute approximate surface area is 145 Å². The first-order valence-corrected chi connectivity index (χ1v) is 9.03. The molecule has 2 aliphatic carbocycles. The number of aliphatic hydroxyl groups excluding tert-OH is 2. The molecule has 0 amide bonds. The van der Waals surface area contributed by atoms with Crippen LogP contribution in [0.5, 0.6) is 0 Å². The zero-order chi connectivity index (χ0) is 18.1. The summed E-state index contributed by atoms with van der Waals surface area (Å²) < 4.78 is 0. The quantitative estimate of drug-likeness (QED) is 0.671. The zero-order valence-corrected chi connectivity index (χ0v) is 15.2. The van der Waals surface area contributed by atoms with Gasteiger partial charge in [0.2, 0.25) is 0 Å². The molecule has 2 fully saturated rings. The van der Waals surface area contributed by atoms with E-state index in [2.05, 4.69) is 13.5 Å². The normalized spacial score (nSPS) is 38.5. The van der Waals surface area contributed by atoms with E-state index in [9.17, 15) is 15.0 Å². The van der Waals surface area contributed by atoms with Crippen molar-refractivity contribution >= 4 is 5.97 Å². The van der Waals surface area contributed by atoms with Gasteiger partial charge in [-0.3, -0.25) is 4.79 Å². The first kappa shape index (κ1) is 19.2. The molecule has 0 bridgehead atoms. The van der Waals surface area contributed by atoms with Gasteiger partial charge in [0.05, 0.1) is 18.1 Å². The monoisotopic (exact) mass is 336 g/mol. The summed E-state index contributed by atoms with van der Waals surface area (Å²) in [7, 11) is 0. The third kappa shape index (κ3) is 3.18. The molecule has 3 N–H and O–H groups in total. The van der Waals surface area contributed by atoms with Crippen LogP contribution >= 0.6 is 0 Å². The molecule has 0 aromatic carbocycles. The average Bonchev–Trinajstić information content (AvgIpc) is 2.52. The number of carboxylic acid groups (broad SMARTS) is 1. The zero-order valence-electron chi connectivity index (χ0n) is 15.2. The lowest BCUT2D eigenvalue weighted by Gasteiger charge is -2.57. The largest absolute Gasteiger partial charge is 0.481 e. The highest BCUT2D eigenvalue weighted by molar-refractivity contribution is 5.75. The first-order valence-electron chi connectivity index (χ1n) is 9.03. The molecule has 4 nitrogen and oxygen atoms in total. The average molecular weight is 336 g/mol. The van der Waals surface area contributed by atoms with E-state index in [-0.39, 0.29) is 23.9 Å². The molecule has 24 heavy (non-hydrogen) atoms. The summed E-state index contributed by atoms with van der Waals surface area (Å²) in [6.45, 7) is 9.98. The van der Waals surface area contributed by atoms with Crippen molar-refractivity contribution in [1.82, 2.24) is 0 Å². The maximum absolute atomic E-state index is 12.0. The Hall–Kier alpha value is -1.13.